The highest BCUT2D eigenvalue weighted by molar-refractivity contribution is 7.09. The standard InChI is InChI=1S/C16H18FN5O4S/c1-26-6-5-20-11(23)8-22(10-4-2-3-9(17)7-10)16(25)14-12(18)13(15(19)24)21-27-14/h2-4,7H,5-6,8,18H2,1H3,(H2,19,24)(H,20,23). The number of carbonyl (C=O) groups excluding carboxylic acids is 3. The number of amides is 3. The van der Waals surface area contributed by atoms with Crippen LogP contribution >= 0.6 is 11.5 Å². The first-order valence-electron chi connectivity index (χ1n) is 7.73. The largest absolute Gasteiger partial charge is 0.395 e. The summed E-state index contributed by atoms with van der Waals surface area (Å²) in [5.41, 5.74) is 10.7. The maximum Gasteiger partial charge on any atom is 0.272 e. The summed E-state index contributed by atoms with van der Waals surface area (Å²) in [5, 5.41) is 2.57. The van der Waals surface area contributed by atoms with Gasteiger partial charge in [-0.3, -0.25) is 19.3 Å². The number of halogens is 1. The normalized spacial score (nSPS) is 10.4. The van der Waals surface area contributed by atoms with Crippen LogP contribution < -0.4 is 21.7 Å². The number of aromatic nitrogens is 1. The fourth-order valence-corrected chi connectivity index (χ4v) is 2.92. The second-order valence-corrected chi connectivity index (χ2v) is 6.13. The van der Waals surface area contributed by atoms with Crippen LogP contribution in [0, 0.1) is 5.82 Å². The zero-order chi connectivity index (χ0) is 20.0. The van der Waals surface area contributed by atoms with Crippen molar-refractivity contribution in [1.82, 2.24) is 9.69 Å². The van der Waals surface area contributed by atoms with Gasteiger partial charge in [0.1, 0.15) is 17.2 Å². The van der Waals surface area contributed by atoms with E-state index in [4.69, 9.17) is 16.2 Å². The Labute approximate surface area is 158 Å². The fraction of sp³-hybridized carbons (Fsp3) is 0.250. The van der Waals surface area contributed by atoms with Gasteiger partial charge in [0.2, 0.25) is 5.91 Å². The van der Waals surface area contributed by atoms with Crippen molar-refractivity contribution in [2.24, 2.45) is 5.73 Å². The Morgan fingerprint density at radius 3 is 2.70 bits per heavy atom. The van der Waals surface area contributed by atoms with E-state index in [9.17, 15) is 18.8 Å². The van der Waals surface area contributed by atoms with Crippen LogP contribution in [0.5, 0.6) is 0 Å². The number of hydrogen-bond donors (Lipinski definition) is 3. The van der Waals surface area contributed by atoms with Crippen molar-refractivity contribution in [2.45, 2.75) is 0 Å². The van der Waals surface area contributed by atoms with Gasteiger partial charge in [0.15, 0.2) is 5.69 Å². The van der Waals surface area contributed by atoms with Crippen LogP contribution in [0.3, 0.4) is 0 Å². The number of hydrogen-bond acceptors (Lipinski definition) is 7. The van der Waals surface area contributed by atoms with Crippen LogP contribution in [0.2, 0.25) is 0 Å². The lowest BCUT2D eigenvalue weighted by Crippen LogP contribution is -2.41. The summed E-state index contributed by atoms with van der Waals surface area (Å²) in [5.74, 6) is -2.65. The summed E-state index contributed by atoms with van der Waals surface area (Å²) < 4.78 is 22.2. The second kappa shape index (κ2) is 9.05. The Morgan fingerprint density at radius 2 is 2.11 bits per heavy atom. The number of rotatable bonds is 8. The highest BCUT2D eigenvalue weighted by Gasteiger charge is 2.27. The highest BCUT2D eigenvalue weighted by Crippen LogP contribution is 2.26. The van der Waals surface area contributed by atoms with Crippen LogP contribution in [0.15, 0.2) is 24.3 Å². The number of benzene rings is 1. The molecule has 5 N–H and O–H groups in total. The average molecular weight is 395 g/mol. The van der Waals surface area contributed by atoms with Crippen LogP contribution in [0.1, 0.15) is 20.2 Å². The summed E-state index contributed by atoms with van der Waals surface area (Å²) >= 11 is 0.676. The monoisotopic (exact) mass is 395 g/mol. The molecule has 0 aliphatic heterocycles. The molecule has 1 aromatic heterocycles. The molecule has 0 aliphatic carbocycles. The third-order valence-corrected chi connectivity index (χ3v) is 4.30. The van der Waals surface area contributed by atoms with Crippen LogP contribution in [-0.4, -0.2) is 48.9 Å². The van der Waals surface area contributed by atoms with E-state index in [-0.39, 0.29) is 28.5 Å². The molecule has 1 aromatic carbocycles. The van der Waals surface area contributed by atoms with E-state index in [2.05, 4.69) is 9.69 Å². The first-order valence-corrected chi connectivity index (χ1v) is 8.50. The minimum Gasteiger partial charge on any atom is -0.395 e. The van der Waals surface area contributed by atoms with Gasteiger partial charge in [-0.1, -0.05) is 6.07 Å². The molecule has 27 heavy (non-hydrogen) atoms. The minimum atomic E-state index is -0.877. The quantitative estimate of drug-likeness (QED) is 0.552. The molecule has 0 fully saturated rings. The van der Waals surface area contributed by atoms with E-state index < -0.39 is 30.1 Å². The number of nitrogens with two attached hydrogens (primary N) is 2. The lowest BCUT2D eigenvalue weighted by atomic mass is 10.2. The predicted molar refractivity (Wildman–Crippen MR) is 98.0 cm³/mol. The van der Waals surface area contributed by atoms with E-state index in [1.807, 2.05) is 0 Å². The molecule has 9 nitrogen and oxygen atoms in total. The molecular weight excluding hydrogens is 377 g/mol. The number of anilines is 2. The van der Waals surface area contributed by atoms with E-state index in [0.717, 1.165) is 11.0 Å². The topological polar surface area (TPSA) is 141 Å². The Hall–Kier alpha value is -3.05. The van der Waals surface area contributed by atoms with E-state index in [0.29, 0.717) is 18.1 Å². The summed E-state index contributed by atoms with van der Waals surface area (Å²) in [7, 11) is 1.48. The van der Waals surface area contributed by atoms with Crippen molar-refractivity contribution in [3.8, 4) is 0 Å². The van der Waals surface area contributed by atoms with Crippen molar-refractivity contribution < 1.29 is 23.5 Å². The third kappa shape index (κ3) is 4.99. The number of carbonyl (C=O) groups is 3. The molecule has 0 bridgehead atoms. The molecular formula is C16H18FN5O4S. The van der Waals surface area contributed by atoms with Gasteiger partial charge in [-0.15, -0.1) is 0 Å². The summed E-state index contributed by atoms with van der Waals surface area (Å²) in [6, 6.07) is 5.18. The van der Waals surface area contributed by atoms with E-state index >= 15 is 0 Å². The number of primary amides is 1. The maximum atomic E-state index is 13.6. The number of methoxy groups -OCH3 is 1. The van der Waals surface area contributed by atoms with Gasteiger partial charge in [-0.05, 0) is 29.7 Å². The Bertz CT molecular complexity index is 857. The lowest BCUT2D eigenvalue weighted by molar-refractivity contribution is -0.119. The molecule has 11 heteroatoms. The molecule has 0 aliphatic rings. The smallest absolute Gasteiger partial charge is 0.272 e. The molecule has 0 spiro atoms. The van der Waals surface area contributed by atoms with Crippen molar-refractivity contribution in [2.75, 3.05) is 37.4 Å². The van der Waals surface area contributed by atoms with Crippen molar-refractivity contribution in [3.05, 3.63) is 40.7 Å². The van der Waals surface area contributed by atoms with Gasteiger partial charge in [0, 0.05) is 19.3 Å². The van der Waals surface area contributed by atoms with Gasteiger partial charge < -0.3 is 21.5 Å². The molecule has 0 saturated heterocycles. The minimum absolute atomic E-state index is 0.0715. The van der Waals surface area contributed by atoms with Crippen molar-refractivity contribution in [1.29, 1.82) is 0 Å². The Kier molecular flexibility index (Phi) is 6.79. The molecule has 0 unspecified atom stereocenters. The molecule has 1 heterocycles. The summed E-state index contributed by atoms with van der Waals surface area (Å²) in [6.07, 6.45) is 0. The highest BCUT2D eigenvalue weighted by atomic mass is 32.1. The third-order valence-electron chi connectivity index (χ3n) is 3.45. The number of nitrogens with one attached hydrogen (secondary N) is 1. The van der Waals surface area contributed by atoms with Crippen LogP contribution in [0.25, 0.3) is 0 Å². The zero-order valence-electron chi connectivity index (χ0n) is 14.4. The van der Waals surface area contributed by atoms with Gasteiger partial charge in [-0.2, -0.15) is 4.37 Å². The molecule has 0 radical (unpaired) electrons. The predicted octanol–water partition coefficient (Wildman–Crippen LogP) is 0.373. The summed E-state index contributed by atoms with van der Waals surface area (Å²) in [4.78, 5) is 37.3. The number of ether oxygens (including phenoxy) is 1. The Balaban J connectivity index is 2.33. The number of nitrogens with zero attached hydrogens (tertiary/aromatic N) is 2. The van der Waals surface area contributed by atoms with E-state index in [1.54, 1.807) is 0 Å². The lowest BCUT2D eigenvalue weighted by Gasteiger charge is -2.22. The SMILES string of the molecule is COCCNC(=O)CN(C(=O)c1snc(C(N)=O)c1N)c1cccc(F)c1. The van der Waals surface area contributed by atoms with E-state index in [1.165, 1.54) is 25.3 Å². The molecule has 2 rings (SSSR count). The molecule has 3 amide bonds. The first kappa shape index (κ1) is 20.3. The van der Waals surface area contributed by atoms with Crippen LogP contribution in [0.4, 0.5) is 15.8 Å². The van der Waals surface area contributed by atoms with Crippen molar-refractivity contribution >= 4 is 40.6 Å². The summed E-state index contributed by atoms with van der Waals surface area (Å²) in [6.45, 7) is 0.147. The van der Waals surface area contributed by atoms with Gasteiger partial charge in [0.25, 0.3) is 11.8 Å². The van der Waals surface area contributed by atoms with Gasteiger partial charge in [-0.25, -0.2) is 4.39 Å². The van der Waals surface area contributed by atoms with Crippen LogP contribution in [-0.2, 0) is 9.53 Å². The molecule has 2 aromatic rings. The maximum absolute atomic E-state index is 13.6. The average Bonchev–Trinajstić information content (AvgIpc) is 3.01. The molecule has 0 atom stereocenters. The Morgan fingerprint density at radius 1 is 1.37 bits per heavy atom. The zero-order valence-corrected chi connectivity index (χ0v) is 15.2. The van der Waals surface area contributed by atoms with Gasteiger partial charge in [0.05, 0.1) is 12.3 Å². The molecule has 144 valence electrons. The second-order valence-electron chi connectivity index (χ2n) is 5.35. The molecule has 0 saturated carbocycles. The fourth-order valence-electron chi connectivity index (χ4n) is 2.17. The number of nitrogen functional groups attached to an aromatic ring is 1. The van der Waals surface area contributed by atoms with Gasteiger partial charge >= 0.3 is 0 Å². The van der Waals surface area contributed by atoms with Crippen molar-refractivity contribution in [3.63, 3.8) is 0 Å². The first-order chi connectivity index (χ1) is 12.8.